The molecule has 0 saturated carbocycles. The average Bonchev–Trinajstić information content (AvgIpc) is 2.07. The molecule has 3 nitrogen and oxygen atoms in total. The lowest BCUT2D eigenvalue weighted by Crippen LogP contribution is -1.82. The third kappa shape index (κ3) is 1.01. The maximum atomic E-state index is 7.10. The van der Waals surface area contributed by atoms with Gasteiger partial charge < -0.3 is 9.72 Å². The van der Waals surface area contributed by atoms with E-state index in [-0.39, 0.29) is 12.2 Å². The molecule has 0 spiro atoms. The smallest absolute Gasteiger partial charge is 0.294 e. The second-order valence-corrected chi connectivity index (χ2v) is 1.86. The van der Waals surface area contributed by atoms with E-state index >= 15 is 0 Å². The number of aromatic amines is 1. The number of hydrogen-bond donors (Lipinski definition) is 1. The van der Waals surface area contributed by atoms with Gasteiger partial charge in [-0.05, 0) is 15.9 Å². The van der Waals surface area contributed by atoms with Crippen molar-refractivity contribution in [2.75, 3.05) is 7.04 Å². The lowest BCUT2D eigenvalue weighted by molar-refractivity contribution is 0.384. The van der Waals surface area contributed by atoms with Crippen molar-refractivity contribution in [2.24, 2.45) is 0 Å². The van der Waals surface area contributed by atoms with E-state index < -0.39 is 7.04 Å². The Hall–Kier alpha value is -0.510. The van der Waals surface area contributed by atoms with E-state index in [1.54, 1.807) is 0 Å². The molecular weight excluding hydrogens is 172 g/mol. The summed E-state index contributed by atoms with van der Waals surface area (Å²) >= 11 is 2.95. The number of aromatic nitrogens is 2. The van der Waals surface area contributed by atoms with Crippen molar-refractivity contribution >= 4 is 15.9 Å². The molecular formula is C4H5BrN2O. The molecule has 0 unspecified atom stereocenters. The molecule has 0 amide bonds. The molecule has 1 aromatic heterocycles. The van der Waals surface area contributed by atoms with E-state index in [1.165, 1.54) is 0 Å². The topological polar surface area (TPSA) is 37.9 Å². The fourth-order valence-corrected chi connectivity index (χ4v) is 0.556. The lowest BCUT2D eigenvalue weighted by Gasteiger charge is -1.86. The Balaban J connectivity index is 2.77. The van der Waals surface area contributed by atoms with Crippen molar-refractivity contribution in [3.63, 3.8) is 0 Å². The fourth-order valence-electron chi connectivity index (χ4n) is 0.298. The van der Waals surface area contributed by atoms with Crippen molar-refractivity contribution in [3.8, 4) is 6.01 Å². The first-order valence-corrected chi connectivity index (χ1v) is 2.59. The van der Waals surface area contributed by atoms with Gasteiger partial charge in [0, 0.05) is 0 Å². The zero-order valence-corrected chi connectivity index (χ0v) is 5.32. The number of methoxy groups -OCH3 is 1. The van der Waals surface area contributed by atoms with Gasteiger partial charge in [-0.3, -0.25) is 0 Å². The number of H-pyrrole nitrogens is 1. The largest absolute Gasteiger partial charge is 0.468 e. The number of nitrogens with zero attached hydrogens (tertiary/aromatic N) is 1. The van der Waals surface area contributed by atoms with Gasteiger partial charge in [0.15, 0.2) is 0 Å². The molecule has 0 atom stereocenters. The normalized spacial score (nSPS) is 18.1. The molecule has 0 fully saturated rings. The van der Waals surface area contributed by atoms with Gasteiger partial charge in [-0.2, -0.15) is 0 Å². The van der Waals surface area contributed by atoms with Crippen molar-refractivity contribution in [1.29, 1.82) is 0 Å². The molecule has 0 bridgehead atoms. The summed E-state index contributed by atoms with van der Waals surface area (Å²) in [4.78, 5) is 5.91. The molecule has 44 valence electrons. The predicted molar refractivity (Wildman–Crippen MR) is 32.8 cm³/mol. The summed E-state index contributed by atoms with van der Waals surface area (Å²) < 4.78 is 31.9. The van der Waals surface area contributed by atoms with E-state index in [2.05, 4.69) is 30.6 Å². The summed E-state index contributed by atoms with van der Waals surface area (Å²) in [6.45, 7) is 0. The lowest BCUT2D eigenvalue weighted by atomic mass is 11.0. The number of hydrogen-bond acceptors (Lipinski definition) is 2. The van der Waals surface area contributed by atoms with Crippen LogP contribution >= 0.6 is 15.9 Å². The van der Waals surface area contributed by atoms with Crippen molar-refractivity contribution in [2.45, 2.75) is 0 Å². The van der Waals surface area contributed by atoms with E-state index in [0.29, 0.717) is 4.60 Å². The summed E-state index contributed by atoms with van der Waals surface area (Å²) in [7, 11) is -2.54. The standard InChI is InChI=1S/C4H5BrN2O/c1-8-4-6-2-3(5)7-4/h2H,1H3,(H,6,7)/i1D3,2D. The highest BCUT2D eigenvalue weighted by atomic mass is 79.9. The molecule has 1 rings (SSSR count). The van der Waals surface area contributed by atoms with Gasteiger partial charge >= 0.3 is 0 Å². The number of halogens is 1. The first-order chi connectivity index (χ1) is 5.38. The minimum atomic E-state index is -2.54. The van der Waals surface area contributed by atoms with E-state index in [4.69, 9.17) is 5.48 Å². The van der Waals surface area contributed by atoms with Gasteiger partial charge in [-0.25, -0.2) is 4.98 Å². The Morgan fingerprint density at radius 3 is 3.62 bits per heavy atom. The van der Waals surface area contributed by atoms with Crippen molar-refractivity contribution in [1.82, 2.24) is 9.97 Å². The second-order valence-electron chi connectivity index (χ2n) is 1.07. The van der Waals surface area contributed by atoms with Crippen LogP contribution in [0.1, 0.15) is 5.48 Å². The van der Waals surface area contributed by atoms with E-state index in [0.717, 1.165) is 0 Å². The van der Waals surface area contributed by atoms with Crippen LogP contribution in [0.3, 0.4) is 0 Å². The first-order valence-electron chi connectivity index (χ1n) is 3.79. The quantitative estimate of drug-likeness (QED) is 0.706. The van der Waals surface area contributed by atoms with Crippen LogP contribution in [0.25, 0.3) is 0 Å². The predicted octanol–water partition coefficient (Wildman–Crippen LogP) is 1.18. The summed E-state index contributed by atoms with van der Waals surface area (Å²) in [5.41, 5.74) is 0. The molecule has 0 radical (unpaired) electrons. The van der Waals surface area contributed by atoms with Gasteiger partial charge in [0.05, 0.1) is 18.7 Å². The molecule has 1 aromatic rings. The van der Waals surface area contributed by atoms with Crippen LogP contribution in [-0.2, 0) is 0 Å². The van der Waals surface area contributed by atoms with Gasteiger partial charge in [-0.15, -0.1) is 0 Å². The van der Waals surface area contributed by atoms with Gasteiger partial charge in [0.1, 0.15) is 4.60 Å². The minimum absolute atomic E-state index is 0.0887. The van der Waals surface area contributed by atoms with Crippen LogP contribution in [0.2, 0.25) is 0 Å². The minimum Gasteiger partial charge on any atom is -0.468 e. The SMILES string of the molecule is [2H]c1nc(OC([2H])([2H])[2H])[nH]c1Br. The number of imidazole rings is 1. The Morgan fingerprint density at radius 2 is 3.12 bits per heavy atom. The molecule has 4 heteroatoms. The zero-order chi connectivity index (χ0) is 9.35. The maximum Gasteiger partial charge on any atom is 0.294 e. The van der Waals surface area contributed by atoms with Crippen LogP contribution in [0.5, 0.6) is 6.01 Å². The van der Waals surface area contributed by atoms with Crippen LogP contribution in [0, 0.1) is 0 Å². The highest BCUT2D eigenvalue weighted by Crippen LogP contribution is 2.08. The molecule has 1 N–H and O–H groups in total. The monoisotopic (exact) mass is 180 g/mol. The molecule has 0 aliphatic carbocycles. The van der Waals surface area contributed by atoms with Gasteiger partial charge in [-0.1, -0.05) is 0 Å². The summed E-state index contributed by atoms with van der Waals surface area (Å²) in [6, 6.07) is -0.188. The summed E-state index contributed by atoms with van der Waals surface area (Å²) in [6.07, 6.45) is -0.0887. The third-order valence-corrected chi connectivity index (χ3v) is 0.945. The highest BCUT2D eigenvalue weighted by molar-refractivity contribution is 9.10. The fraction of sp³-hybridized carbons (Fsp3) is 0.250. The highest BCUT2D eigenvalue weighted by Gasteiger charge is 1.92. The molecule has 0 aliphatic heterocycles. The molecule has 0 aromatic carbocycles. The van der Waals surface area contributed by atoms with Crippen molar-refractivity contribution in [3.05, 3.63) is 10.8 Å². The van der Waals surface area contributed by atoms with Gasteiger partial charge in [0.25, 0.3) is 6.01 Å². The number of ether oxygens (including phenoxy) is 1. The molecule has 0 saturated heterocycles. The van der Waals surface area contributed by atoms with Crippen LogP contribution in [0.4, 0.5) is 0 Å². The van der Waals surface area contributed by atoms with Crippen molar-refractivity contribution < 1.29 is 10.2 Å². The molecule has 1 heterocycles. The Kier molecular flexibility index (Phi) is 0.649. The zero-order valence-electron chi connectivity index (χ0n) is 7.73. The van der Waals surface area contributed by atoms with Crippen LogP contribution < -0.4 is 4.74 Å². The molecule has 0 aliphatic rings. The number of nitrogens with one attached hydrogen (secondary N) is 1. The van der Waals surface area contributed by atoms with Crippen LogP contribution in [-0.4, -0.2) is 17.0 Å². The average molecular weight is 181 g/mol. The van der Waals surface area contributed by atoms with Crippen LogP contribution in [0.15, 0.2) is 10.8 Å². The first kappa shape index (κ1) is 2.39. The van der Waals surface area contributed by atoms with Gasteiger partial charge in [0.2, 0.25) is 0 Å². The number of rotatable bonds is 1. The Bertz CT molecular complexity index is 264. The maximum absolute atomic E-state index is 7.10. The van der Waals surface area contributed by atoms with E-state index in [1.807, 2.05) is 0 Å². The third-order valence-electron chi connectivity index (χ3n) is 0.569. The van der Waals surface area contributed by atoms with E-state index in [9.17, 15) is 0 Å². The molecule has 8 heavy (non-hydrogen) atoms. The Morgan fingerprint density at radius 1 is 2.25 bits per heavy atom. The second kappa shape index (κ2) is 2.17. The summed E-state index contributed by atoms with van der Waals surface area (Å²) in [5, 5.41) is 0. The summed E-state index contributed by atoms with van der Waals surface area (Å²) in [5.74, 6) is 0. The Labute approximate surface area is 60.8 Å².